The molecule has 1 aliphatic heterocycles. The van der Waals surface area contributed by atoms with Crippen LogP contribution in [0.4, 0.5) is 13.2 Å². The van der Waals surface area contributed by atoms with Crippen molar-refractivity contribution in [3.8, 4) is 0 Å². The molecule has 0 aliphatic carbocycles. The number of aryl methyl sites for hydroxylation is 1. The Labute approximate surface area is 182 Å². The lowest BCUT2D eigenvalue weighted by molar-refractivity contribution is 0.0685. The standard InChI is InChI=1S/C18H17F3IN7O/c1-8-4-9(14(19)16(22)26-8)17(30)28-3-2-11(23)10(6-28)13-5-12(15(20)21)27-18-24-7-25-29(13)18/h4-5,7,10-11,15H,2-3,6,23H2,1H3/t10-,11?/m1/s1. The fourth-order valence-electron chi connectivity index (χ4n) is 3.64. The van der Waals surface area contributed by atoms with Crippen LogP contribution in [0.25, 0.3) is 5.78 Å². The van der Waals surface area contributed by atoms with E-state index in [4.69, 9.17) is 5.73 Å². The highest BCUT2D eigenvalue weighted by Gasteiger charge is 2.34. The van der Waals surface area contributed by atoms with Crippen LogP contribution in [0.3, 0.4) is 0 Å². The number of hydrogen-bond acceptors (Lipinski definition) is 6. The SMILES string of the molecule is Cc1cc(C(=O)N2CCC(N)[C@H](c3cc(C(F)F)nc4ncnn34)C2)c(F)c(I)n1. The number of nitrogens with zero attached hydrogens (tertiary/aromatic N) is 6. The second kappa shape index (κ2) is 8.06. The van der Waals surface area contributed by atoms with Crippen LogP contribution < -0.4 is 5.73 Å². The first-order chi connectivity index (χ1) is 14.3. The van der Waals surface area contributed by atoms with E-state index < -0.39 is 35.8 Å². The Kier molecular flexibility index (Phi) is 5.61. The van der Waals surface area contributed by atoms with Crippen molar-refractivity contribution >= 4 is 34.3 Å². The summed E-state index contributed by atoms with van der Waals surface area (Å²) in [5, 5.41) is 4.06. The van der Waals surface area contributed by atoms with E-state index in [0.717, 1.165) is 0 Å². The zero-order valence-electron chi connectivity index (χ0n) is 15.8. The first-order valence-corrected chi connectivity index (χ1v) is 10.2. The van der Waals surface area contributed by atoms with Gasteiger partial charge in [-0.2, -0.15) is 10.1 Å². The van der Waals surface area contributed by atoms with Crippen LogP contribution in [-0.2, 0) is 0 Å². The summed E-state index contributed by atoms with van der Waals surface area (Å²) < 4.78 is 42.7. The van der Waals surface area contributed by atoms with Crippen LogP contribution in [-0.4, -0.2) is 54.5 Å². The summed E-state index contributed by atoms with van der Waals surface area (Å²) in [7, 11) is 0. The van der Waals surface area contributed by atoms with Crippen molar-refractivity contribution in [1.29, 1.82) is 0 Å². The highest BCUT2D eigenvalue weighted by atomic mass is 127. The average molecular weight is 531 g/mol. The highest BCUT2D eigenvalue weighted by molar-refractivity contribution is 14.1. The van der Waals surface area contributed by atoms with E-state index in [9.17, 15) is 18.0 Å². The molecule has 3 aromatic rings. The lowest BCUT2D eigenvalue weighted by Crippen LogP contribution is -2.48. The molecule has 0 bridgehead atoms. The van der Waals surface area contributed by atoms with Gasteiger partial charge in [0.2, 0.25) is 0 Å². The molecule has 4 rings (SSSR count). The fraction of sp³-hybridized carbons (Fsp3) is 0.389. The Morgan fingerprint density at radius 1 is 1.33 bits per heavy atom. The van der Waals surface area contributed by atoms with Crippen LogP contribution in [0.2, 0.25) is 0 Å². The molecule has 1 saturated heterocycles. The molecule has 12 heteroatoms. The molecule has 158 valence electrons. The van der Waals surface area contributed by atoms with Crippen molar-refractivity contribution in [2.45, 2.75) is 31.7 Å². The van der Waals surface area contributed by atoms with Gasteiger partial charge in [0.25, 0.3) is 18.1 Å². The normalized spacial score (nSPS) is 19.6. The minimum Gasteiger partial charge on any atom is -0.338 e. The first kappa shape index (κ1) is 20.9. The van der Waals surface area contributed by atoms with Gasteiger partial charge < -0.3 is 10.6 Å². The Balaban J connectivity index is 1.71. The number of aromatic nitrogens is 5. The molecule has 0 spiro atoms. The van der Waals surface area contributed by atoms with Crippen LogP contribution in [0.5, 0.6) is 0 Å². The molecule has 0 aromatic carbocycles. The highest BCUT2D eigenvalue weighted by Crippen LogP contribution is 2.30. The van der Waals surface area contributed by atoms with E-state index in [-0.39, 0.29) is 21.6 Å². The fourth-order valence-corrected chi connectivity index (χ4v) is 4.31. The third-order valence-electron chi connectivity index (χ3n) is 5.13. The minimum absolute atomic E-state index is 0.0313. The van der Waals surface area contributed by atoms with Gasteiger partial charge in [-0.05, 0) is 48.1 Å². The molecule has 1 unspecified atom stereocenters. The molecule has 0 saturated carbocycles. The van der Waals surface area contributed by atoms with Gasteiger partial charge in [0.15, 0.2) is 5.82 Å². The van der Waals surface area contributed by atoms with Crippen LogP contribution in [0.1, 0.15) is 46.2 Å². The Morgan fingerprint density at radius 2 is 2.10 bits per heavy atom. The van der Waals surface area contributed by atoms with Crippen molar-refractivity contribution in [1.82, 2.24) is 29.5 Å². The zero-order chi connectivity index (χ0) is 21.6. The van der Waals surface area contributed by atoms with Crippen molar-refractivity contribution < 1.29 is 18.0 Å². The Bertz CT molecular complexity index is 1120. The second-order valence-corrected chi connectivity index (χ2v) is 8.13. The minimum atomic E-state index is -2.79. The second-order valence-electron chi connectivity index (χ2n) is 7.10. The van der Waals surface area contributed by atoms with Gasteiger partial charge in [0.05, 0.1) is 11.3 Å². The zero-order valence-corrected chi connectivity index (χ0v) is 17.9. The number of pyridine rings is 1. The summed E-state index contributed by atoms with van der Waals surface area (Å²) in [5.74, 6) is -1.65. The summed E-state index contributed by atoms with van der Waals surface area (Å²) in [6.45, 7) is 2.12. The van der Waals surface area contributed by atoms with Gasteiger partial charge in [-0.25, -0.2) is 27.7 Å². The lowest BCUT2D eigenvalue weighted by atomic mass is 9.89. The molecular formula is C18H17F3IN7O. The number of carbonyl (C=O) groups is 1. The number of fused-ring (bicyclic) bond motifs is 1. The molecule has 3 aromatic heterocycles. The molecular weight excluding hydrogens is 514 g/mol. The third kappa shape index (κ3) is 3.73. The van der Waals surface area contributed by atoms with E-state index in [2.05, 4.69) is 20.1 Å². The van der Waals surface area contributed by atoms with Crippen LogP contribution >= 0.6 is 22.6 Å². The molecule has 1 aliphatic rings. The number of carbonyl (C=O) groups excluding carboxylic acids is 1. The van der Waals surface area contributed by atoms with Crippen LogP contribution in [0.15, 0.2) is 18.5 Å². The van der Waals surface area contributed by atoms with Crippen molar-refractivity contribution in [3.05, 3.63) is 50.6 Å². The largest absolute Gasteiger partial charge is 0.338 e. The topological polar surface area (TPSA) is 102 Å². The lowest BCUT2D eigenvalue weighted by Gasteiger charge is -2.37. The predicted octanol–water partition coefficient (Wildman–Crippen LogP) is 2.47. The summed E-state index contributed by atoms with van der Waals surface area (Å²) in [4.78, 5) is 26.3. The van der Waals surface area contributed by atoms with Gasteiger partial charge in [-0.3, -0.25) is 4.79 Å². The maximum absolute atomic E-state index is 14.5. The Morgan fingerprint density at radius 3 is 2.83 bits per heavy atom. The number of piperidine rings is 1. The number of rotatable bonds is 3. The van der Waals surface area contributed by atoms with Gasteiger partial charge in [0, 0.05) is 30.7 Å². The van der Waals surface area contributed by atoms with Crippen molar-refractivity contribution in [2.24, 2.45) is 5.73 Å². The molecule has 4 heterocycles. The maximum atomic E-state index is 14.5. The average Bonchev–Trinajstić information content (AvgIpc) is 3.18. The van der Waals surface area contributed by atoms with Gasteiger partial charge in [-0.1, -0.05) is 0 Å². The first-order valence-electron chi connectivity index (χ1n) is 9.12. The number of nitrogens with two attached hydrogens (primary N) is 1. The molecule has 1 fully saturated rings. The molecule has 2 atom stereocenters. The quantitative estimate of drug-likeness (QED) is 0.412. The molecule has 0 radical (unpaired) electrons. The summed E-state index contributed by atoms with van der Waals surface area (Å²) in [5.41, 5.74) is 6.68. The number of amides is 1. The van der Waals surface area contributed by atoms with E-state index in [1.165, 1.54) is 27.9 Å². The smallest absolute Gasteiger partial charge is 0.280 e. The number of halogens is 4. The van der Waals surface area contributed by atoms with E-state index >= 15 is 0 Å². The van der Waals surface area contributed by atoms with E-state index in [1.807, 2.05) is 0 Å². The van der Waals surface area contributed by atoms with E-state index in [1.54, 1.807) is 29.5 Å². The van der Waals surface area contributed by atoms with Gasteiger partial charge >= 0.3 is 0 Å². The van der Waals surface area contributed by atoms with Crippen molar-refractivity contribution in [3.63, 3.8) is 0 Å². The number of alkyl halides is 2. The monoisotopic (exact) mass is 531 g/mol. The predicted molar refractivity (Wildman–Crippen MR) is 109 cm³/mol. The molecule has 2 N–H and O–H groups in total. The summed E-state index contributed by atoms with van der Waals surface area (Å²) in [6.07, 6.45) is -1.16. The molecule has 8 nitrogen and oxygen atoms in total. The summed E-state index contributed by atoms with van der Waals surface area (Å²) >= 11 is 1.74. The van der Waals surface area contributed by atoms with Crippen LogP contribution in [0, 0.1) is 16.4 Å². The maximum Gasteiger partial charge on any atom is 0.280 e. The number of likely N-dealkylation sites (tertiary alicyclic amines) is 1. The number of hydrogen-bond donors (Lipinski definition) is 1. The molecule has 30 heavy (non-hydrogen) atoms. The summed E-state index contributed by atoms with van der Waals surface area (Å²) in [6, 6.07) is 2.24. The third-order valence-corrected chi connectivity index (χ3v) is 5.85. The van der Waals surface area contributed by atoms with Gasteiger partial charge in [-0.15, -0.1) is 0 Å². The van der Waals surface area contributed by atoms with Gasteiger partial charge in [0.1, 0.15) is 15.7 Å². The molecule has 1 amide bonds. The van der Waals surface area contributed by atoms with E-state index in [0.29, 0.717) is 24.4 Å². The van der Waals surface area contributed by atoms with Crippen molar-refractivity contribution in [2.75, 3.05) is 13.1 Å². The Hall–Kier alpha value is -2.35.